The third kappa shape index (κ3) is 2.56. The van der Waals surface area contributed by atoms with Crippen LogP contribution in [0.2, 0.25) is 0 Å². The Hall–Kier alpha value is -2.70. The van der Waals surface area contributed by atoms with E-state index in [0.29, 0.717) is 16.5 Å². The molecule has 0 radical (unpaired) electrons. The molecule has 28 heavy (non-hydrogen) atoms. The van der Waals surface area contributed by atoms with Crippen LogP contribution in [0.25, 0.3) is 0 Å². The van der Waals surface area contributed by atoms with Crippen LogP contribution in [-0.4, -0.2) is 47.7 Å². The molecule has 146 valence electrons. The highest BCUT2D eigenvalue weighted by molar-refractivity contribution is 6.23. The smallest absolute Gasteiger partial charge is 0.262 e. The Bertz CT molecular complexity index is 895. The highest BCUT2D eigenvalue weighted by Gasteiger charge is 2.45. The van der Waals surface area contributed by atoms with Crippen LogP contribution in [0.15, 0.2) is 18.2 Å². The lowest BCUT2D eigenvalue weighted by molar-refractivity contribution is -0.136. The topological polar surface area (TPSA) is 86.8 Å². The molecular weight excluding hydrogens is 358 g/mol. The summed E-state index contributed by atoms with van der Waals surface area (Å²) in [6.07, 6.45) is 6.67. The van der Waals surface area contributed by atoms with Crippen LogP contribution in [-0.2, 0) is 9.59 Å². The van der Waals surface area contributed by atoms with E-state index < -0.39 is 23.8 Å². The Morgan fingerprint density at radius 2 is 1.64 bits per heavy atom. The molecular formula is C21H23N3O4. The molecule has 4 amide bonds. The van der Waals surface area contributed by atoms with Crippen molar-refractivity contribution in [3.05, 3.63) is 29.3 Å². The number of carbonyl (C=O) groups excluding carboxylic acids is 4. The van der Waals surface area contributed by atoms with Gasteiger partial charge in [0.15, 0.2) is 0 Å². The van der Waals surface area contributed by atoms with Crippen LogP contribution in [0.5, 0.6) is 0 Å². The van der Waals surface area contributed by atoms with Gasteiger partial charge in [0.1, 0.15) is 6.04 Å². The summed E-state index contributed by atoms with van der Waals surface area (Å²) in [6.45, 7) is 1.94. The fourth-order valence-corrected chi connectivity index (χ4v) is 5.07. The first-order chi connectivity index (χ1) is 13.5. The van der Waals surface area contributed by atoms with E-state index in [1.54, 1.807) is 12.1 Å². The van der Waals surface area contributed by atoms with Gasteiger partial charge in [-0.1, -0.05) is 6.42 Å². The molecule has 1 atom stereocenters. The van der Waals surface area contributed by atoms with Crippen LogP contribution in [0.3, 0.4) is 0 Å². The molecule has 1 aromatic carbocycles. The van der Waals surface area contributed by atoms with Crippen molar-refractivity contribution in [2.24, 2.45) is 5.41 Å². The lowest BCUT2D eigenvalue weighted by Crippen LogP contribution is -2.54. The number of hydrogen-bond acceptors (Lipinski definition) is 5. The Balaban J connectivity index is 1.37. The van der Waals surface area contributed by atoms with Crippen molar-refractivity contribution >= 4 is 29.3 Å². The first kappa shape index (κ1) is 17.4. The van der Waals surface area contributed by atoms with Gasteiger partial charge in [-0.15, -0.1) is 0 Å². The highest BCUT2D eigenvalue weighted by atomic mass is 16.2. The Morgan fingerprint density at radius 3 is 2.29 bits per heavy atom. The number of hydrogen-bond donors (Lipinski definition) is 1. The Kier molecular flexibility index (Phi) is 3.82. The maximum atomic E-state index is 12.9. The fraction of sp³-hybridized carbons (Fsp3) is 0.524. The standard InChI is InChI=1S/C21H23N3O4/c25-17-5-4-16(18(26)22-17)24-19(27)14-3-2-13(12-15(14)20(24)28)23-10-8-21(9-11-23)6-1-7-21/h2-3,12,16H,1,4-11H2,(H,22,25,26). The summed E-state index contributed by atoms with van der Waals surface area (Å²) >= 11 is 0. The second-order valence-electron chi connectivity index (χ2n) is 8.52. The van der Waals surface area contributed by atoms with Crippen molar-refractivity contribution in [1.82, 2.24) is 10.2 Å². The number of amides is 4. The normalized spacial score (nSPS) is 26.4. The average molecular weight is 381 g/mol. The molecule has 7 heteroatoms. The molecule has 1 spiro atoms. The lowest BCUT2D eigenvalue weighted by Gasteiger charge is -2.48. The summed E-state index contributed by atoms with van der Waals surface area (Å²) in [5.74, 6) is -1.83. The minimum atomic E-state index is -0.915. The molecule has 1 N–H and O–H groups in total. The van der Waals surface area contributed by atoms with Crippen LogP contribution in [0.4, 0.5) is 5.69 Å². The third-order valence-corrected chi connectivity index (χ3v) is 7.03. The van der Waals surface area contributed by atoms with Crippen LogP contribution < -0.4 is 10.2 Å². The first-order valence-electron chi connectivity index (χ1n) is 10.1. The van der Waals surface area contributed by atoms with Gasteiger partial charge in [-0.3, -0.25) is 29.4 Å². The van der Waals surface area contributed by atoms with E-state index in [1.807, 2.05) is 6.07 Å². The van der Waals surface area contributed by atoms with E-state index in [0.717, 1.165) is 23.7 Å². The monoisotopic (exact) mass is 381 g/mol. The van der Waals surface area contributed by atoms with E-state index in [9.17, 15) is 19.2 Å². The van der Waals surface area contributed by atoms with Crippen LogP contribution in [0, 0.1) is 5.41 Å². The number of rotatable bonds is 2. The van der Waals surface area contributed by atoms with Gasteiger partial charge in [0.05, 0.1) is 11.1 Å². The van der Waals surface area contributed by atoms with Crippen molar-refractivity contribution in [2.45, 2.75) is 51.0 Å². The summed E-state index contributed by atoms with van der Waals surface area (Å²) in [6, 6.07) is 4.48. The zero-order valence-corrected chi connectivity index (χ0v) is 15.7. The highest BCUT2D eigenvalue weighted by Crippen LogP contribution is 2.49. The average Bonchev–Trinajstić information content (AvgIpc) is 2.91. The van der Waals surface area contributed by atoms with E-state index in [-0.39, 0.29) is 18.7 Å². The SMILES string of the molecule is O=C1CCC(N2C(=O)c3ccc(N4CCC5(CCC5)CC4)cc3C2=O)C(=O)N1. The zero-order chi connectivity index (χ0) is 19.5. The van der Waals surface area contributed by atoms with Crippen molar-refractivity contribution in [3.63, 3.8) is 0 Å². The van der Waals surface area contributed by atoms with E-state index in [4.69, 9.17) is 0 Å². The number of benzene rings is 1. The van der Waals surface area contributed by atoms with Crippen molar-refractivity contribution < 1.29 is 19.2 Å². The van der Waals surface area contributed by atoms with Gasteiger partial charge >= 0.3 is 0 Å². The molecule has 3 fully saturated rings. The van der Waals surface area contributed by atoms with Gasteiger partial charge in [0.2, 0.25) is 11.8 Å². The summed E-state index contributed by atoms with van der Waals surface area (Å²) in [5.41, 5.74) is 2.20. The van der Waals surface area contributed by atoms with E-state index in [1.165, 1.54) is 32.1 Å². The molecule has 0 aromatic heterocycles. The van der Waals surface area contributed by atoms with E-state index in [2.05, 4.69) is 10.2 Å². The molecule has 5 rings (SSSR count). The number of nitrogens with zero attached hydrogens (tertiary/aromatic N) is 2. The second kappa shape index (κ2) is 6.15. The number of imide groups is 2. The molecule has 7 nitrogen and oxygen atoms in total. The van der Waals surface area contributed by atoms with Gasteiger partial charge in [-0.2, -0.15) is 0 Å². The summed E-state index contributed by atoms with van der Waals surface area (Å²) in [7, 11) is 0. The summed E-state index contributed by atoms with van der Waals surface area (Å²) in [4.78, 5) is 52.6. The molecule has 0 bridgehead atoms. The predicted octanol–water partition coefficient (Wildman–Crippen LogP) is 1.86. The second-order valence-corrected chi connectivity index (χ2v) is 8.52. The van der Waals surface area contributed by atoms with E-state index >= 15 is 0 Å². The fourth-order valence-electron chi connectivity index (χ4n) is 5.07. The zero-order valence-electron chi connectivity index (χ0n) is 15.7. The maximum Gasteiger partial charge on any atom is 0.262 e. The Morgan fingerprint density at radius 1 is 0.929 bits per heavy atom. The quantitative estimate of drug-likeness (QED) is 0.790. The first-order valence-corrected chi connectivity index (χ1v) is 10.1. The van der Waals surface area contributed by atoms with Gasteiger partial charge in [0.25, 0.3) is 11.8 Å². The molecule has 1 aromatic rings. The van der Waals surface area contributed by atoms with Crippen molar-refractivity contribution in [2.75, 3.05) is 18.0 Å². The number of carbonyl (C=O) groups is 4. The van der Waals surface area contributed by atoms with Gasteiger partial charge in [-0.25, -0.2) is 0 Å². The minimum Gasteiger partial charge on any atom is -0.371 e. The molecule has 1 aliphatic carbocycles. The molecule has 2 saturated heterocycles. The minimum absolute atomic E-state index is 0.130. The number of fused-ring (bicyclic) bond motifs is 1. The van der Waals surface area contributed by atoms with Gasteiger partial charge in [0, 0.05) is 25.2 Å². The summed E-state index contributed by atoms with van der Waals surface area (Å²) in [5, 5.41) is 2.22. The predicted molar refractivity (Wildman–Crippen MR) is 101 cm³/mol. The Labute approximate surface area is 163 Å². The lowest BCUT2D eigenvalue weighted by atomic mass is 9.63. The number of nitrogens with one attached hydrogen (secondary N) is 1. The molecule has 3 aliphatic heterocycles. The largest absolute Gasteiger partial charge is 0.371 e. The molecule has 1 unspecified atom stereocenters. The summed E-state index contributed by atoms with van der Waals surface area (Å²) < 4.78 is 0. The third-order valence-electron chi connectivity index (χ3n) is 7.03. The van der Waals surface area contributed by atoms with Crippen LogP contribution >= 0.6 is 0 Å². The van der Waals surface area contributed by atoms with Gasteiger partial charge < -0.3 is 4.90 Å². The molecule has 4 aliphatic rings. The van der Waals surface area contributed by atoms with Crippen LogP contribution in [0.1, 0.15) is 65.7 Å². The van der Waals surface area contributed by atoms with Gasteiger partial charge in [-0.05, 0) is 55.7 Å². The van der Waals surface area contributed by atoms with Crippen molar-refractivity contribution in [3.8, 4) is 0 Å². The maximum absolute atomic E-state index is 12.9. The number of anilines is 1. The van der Waals surface area contributed by atoms with Crippen molar-refractivity contribution in [1.29, 1.82) is 0 Å². The molecule has 1 saturated carbocycles. The number of piperidine rings is 2. The molecule has 3 heterocycles.